The molecule has 5 aromatic rings. The molecule has 2 aromatic carbocycles. The molecule has 0 unspecified atom stereocenters. The van der Waals surface area contributed by atoms with Crippen LogP contribution in [0.25, 0.3) is 16.2 Å². The van der Waals surface area contributed by atoms with Gasteiger partial charge in [-0.2, -0.15) is 0 Å². The highest BCUT2D eigenvalue weighted by Gasteiger charge is 2.16. The molecule has 1 aliphatic heterocycles. The molecule has 3 aromatic heterocycles. The number of carbonyl (C=O) groups excluding carboxylic acids is 1. The number of imidazole rings is 1. The number of nitrogens with zero attached hydrogens (tertiary/aromatic N) is 4. The second-order valence-corrected chi connectivity index (χ2v) is 10.0. The van der Waals surface area contributed by atoms with Gasteiger partial charge in [-0.05, 0) is 48.5 Å². The summed E-state index contributed by atoms with van der Waals surface area (Å²) in [7, 11) is 0. The van der Waals surface area contributed by atoms with E-state index in [0.717, 1.165) is 59.9 Å². The van der Waals surface area contributed by atoms with Gasteiger partial charge in [-0.25, -0.2) is 9.97 Å². The Morgan fingerprint density at radius 3 is 2.61 bits per heavy atom. The maximum absolute atomic E-state index is 12.6. The number of nitrogens with two attached hydrogens (primary N) is 1. The average molecular weight is 526 g/mol. The lowest BCUT2D eigenvalue weighted by Crippen LogP contribution is -2.36. The minimum Gasteiger partial charge on any atom is -0.397 e. The number of para-hydroxylation sites is 2. The molecule has 0 radical (unpaired) electrons. The van der Waals surface area contributed by atoms with Crippen molar-refractivity contribution in [3.63, 3.8) is 0 Å². The van der Waals surface area contributed by atoms with Gasteiger partial charge >= 0.3 is 0 Å². The predicted molar refractivity (Wildman–Crippen MR) is 151 cm³/mol. The van der Waals surface area contributed by atoms with Gasteiger partial charge in [0.2, 0.25) is 0 Å². The molecule has 10 heteroatoms. The lowest BCUT2D eigenvalue weighted by atomic mass is 10.2. The molecule has 0 bridgehead atoms. The standard InChI is InChI=1S/C28H27N7O2S/c29-22-5-1-2-6-23(22)33-27(36)19-8-10-20(11-9-19)32-28-31-17-25(38-28)24-16-30-26-7-3-4-21(35(24)26)18-34-12-14-37-15-13-34/h1-11,16-17H,12-15,18,29H2,(H,31,32)(H,33,36). The number of rotatable bonds is 7. The number of thiazole rings is 1. The van der Waals surface area contributed by atoms with Crippen LogP contribution in [0.2, 0.25) is 0 Å². The first-order chi connectivity index (χ1) is 18.6. The van der Waals surface area contributed by atoms with E-state index in [4.69, 9.17) is 10.5 Å². The van der Waals surface area contributed by atoms with Crippen LogP contribution in [-0.4, -0.2) is 51.5 Å². The quantitative estimate of drug-likeness (QED) is 0.260. The molecule has 4 N–H and O–H groups in total. The van der Waals surface area contributed by atoms with Crippen LogP contribution in [0.15, 0.2) is 79.1 Å². The summed E-state index contributed by atoms with van der Waals surface area (Å²) >= 11 is 1.56. The van der Waals surface area contributed by atoms with E-state index < -0.39 is 0 Å². The van der Waals surface area contributed by atoms with Crippen molar-refractivity contribution in [3.8, 4) is 10.6 Å². The minimum absolute atomic E-state index is 0.216. The van der Waals surface area contributed by atoms with Crippen molar-refractivity contribution in [2.45, 2.75) is 6.54 Å². The van der Waals surface area contributed by atoms with Crippen LogP contribution in [0, 0.1) is 0 Å². The van der Waals surface area contributed by atoms with Crippen molar-refractivity contribution < 1.29 is 9.53 Å². The number of amides is 1. The van der Waals surface area contributed by atoms with E-state index in [2.05, 4.69) is 42.0 Å². The minimum atomic E-state index is -0.216. The van der Waals surface area contributed by atoms with Gasteiger partial charge < -0.3 is 21.1 Å². The van der Waals surface area contributed by atoms with E-state index in [1.54, 1.807) is 35.6 Å². The first-order valence-corrected chi connectivity index (χ1v) is 13.2. The van der Waals surface area contributed by atoms with Crippen molar-refractivity contribution in [1.82, 2.24) is 19.3 Å². The normalized spacial score (nSPS) is 14.0. The number of hydrogen-bond donors (Lipinski definition) is 3. The summed E-state index contributed by atoms with van der Waals surface area (Å²) in [6.07, 6.45) is 3.77. The number of fused-ring (bicyclic) bond motifs is 1. The number of ether oxygens (including phenoxy) is 1. The molecule has 4 heterocycles. The fraction of sp³-hybridized carbons (Fsp3) is 0.179. The van der Waals surface area contributed by atoms with Crippen LogP contribution in [0.3, 0.4) is 0 Å². The van der Waals surface area contributed by atoms with E-state index in [9.17, 15) is 4.79 Å². The Labute approximate surface area is 223 Å². The van der Waals surface area contributed by atoms with Crippen LogP contribution in [0.1, 0.15) is 16.1 Å². The third kappa shape index (κ3) is 5.10. The summed E-state index contributed by atoms with van der Waals surface area (Å²) in [6.45, 7) is 4.23. The molecule has 0 atom stereocenters. The van der Waals surface area contributed by atoms with Gasteiger partial charge in [-0.15, -0.1) is 0 Å². The highest BCUT2D eigenvalue weighted by atomic mass is 32.1. The first-order valence-electron chi connectivity index (χ1n) is 12.4. The van der Waals surface area contributed by atoms with Crippen molar-refractivity contribution >= 4 is 45.1 Å². The molecule has 1 amide bonds. The van der Waals surface area contributed by atoms with Crippen LogP contribution in [0.4, 0.5) is 22.2 Å². The van der Waals surface area contributed by atoms with Crippen LogP contribution >= 0.6 is 11.3 Å². The molecule has 6 rings (SSSR count). The Kier molecular flexibility index (Phi) is 6.74. The summed E-state index contributed by atoms with van der Waals surface area (Å²) in [5.41, 5.74) is 11.5. The van der Waals surface area contributed by atoms with Gasteiger partial charge in [-0.3, -0.25) is 14.1 Å². The zero-order valence-corrected chi connectivity index (χ0v) is 21.4. The maximum atomic E-state index is 12.6. The predicted octanol–water partition coefficient (Wildman–Crippen LogP) is 4.87. The third-order valence-corrected chi connectivity index (χ3v) is 7.40. The lowest BCUT2D eigenvalue weighted by molar-refractivity contribution is 0.0335. The summed E-state index contributed by atoms with van der Waals surface area (Å²) in [6, 6.07) is 20.7. The molecule has 0 spiro atoms. The second kappa shape index (κ2) is 10.6. The number of morpholine rings is 1. The van der Waals surface area contributed by atoms with Gasteiger partial charge in [0.25, 0.3) is 5.91 Å². The molecule has 38 heavy (non-hydrogen) atoms. The number of nitrogen functional groups attached to an aromatic ring is 1. The molecule has 192 valence electrons. The SMILES string of the molecule is Nc1ccccc1NC(=O)c1ccc(Nc2ncc(-c3cnc4cccc(CN5CCOCC5)n34)s2)cc1. The average Bonchev–Trinajstić information content (AvgIpc) is 3.58. The van der Waals surface area contributed by atoms with Gasteiger partial charge in [0.15, 0.2) is 5.13 Å². The van der Waals surface area contributed by atoms with Gasteiger partial charge in [0.05, 0.1) is 41.4 Å². The number of nitrogens with one attached hydrogen (secondary N) is 2. The van der Waals surface area contributed by atoms with Gasteiger partial charge in [-0.1, -0.05) is 29.5 Å². The molecule has 0 saturated carbocycles. The molecule has 1 fully saturated rings. The number of hydrogen-bond acceptors (Lipinski definition) is 8. The van der Waals surface area contributed by atoms with E-state index in [1.165, 1.54) is 5.69 Å². The van der Waals surface area contributed by atoms with Crippen molar-refractivity contribution in [2.75, 3.05) is 42.7 Å². The molecular formula is C28H27N7O2S. The van der Waals surface area contributed by atoms with Crippen LogP contribution in [-0.2, 0) is 11.3 Å². The van der Waals surface area contributed by atoms with Crippen molar-refractivity contribution in [2.24, 2.45) is 0 Å². The zero-order valence-electron chi connectivity index (χ0n) is 20.6. The maximum Gasteiger partial charge on any atom is 0.255 e. The fourth-order valence-corrected chi connectivity index (χ4v) is 5.31. The van der Waals surface area contributed by atoms with E-state index in [1.807, 2.05) is 42.7 Å². The zero-order chi connectivity index (χ0) is 25.9. The number of anilines is 4. The Bertz CT molecular complexity index is 1570. The second-order valence-electron chi connectivity index (χ2n) is 9.02. The van der Waals surface area contributed by atoms with Gasteiger partial charge in [0.1, 0.15) is 5.65 Å². The summed E-state index contributed by atoms with van der Waals surface area (Å²) < 4.78 is 7.71. The smallest absolute Gasteiger partial charge is 0.255 e. The summed E-state index contributed by atoms with van der Waals surface area (Å²) in [4.78, 5) is 25.3. The van der Waals surface area contributed by atoms with Crippen molar-refractivity contribution in [3.05, 3.63) is 90.4 Å². The Balaban J connectivity index is 1.17. The monoisotopic (exact) mass is 525 g/mol. The van der Waals surface area contributed by atoms with E-state index in [0.29, 0.717) is 16.9 Å². The van der Waals surface area contributed by atoms with Crippen molar-refractivity contribution in [1.29, 1.82) is 0 Å². The number of benzene rings is 2. The number of carbonyl (C=O) groups is 1. The van der Waals surface area contributed by atoms with Crippen LogP contribution in [0.5, 0.6) is 0 Å². The highest BCUT2D eigenvalue weighted by Crippen LogP contribution is 2.32. The molecule has 9 nitrogen and oxygen atoms in total. The number of aromatic nitrogens is 3. The van der Waals surface area contributed by atoms with Gasteiger partial charge in [0, 0.05) is 42.8 Å². The third-order valence-electron chi connectivity index (χ3n) is 6.47. The molecular weight excluding hydrogens is 498 g/mol. The first kappa shape index (κ1) is 24.1. The molecule has 1 aliphatic rings. The van der Waals surface area contributed by atoms with E-state index in [-0.39, 0.29) is 5.91 Å². The molecule has 0 aliphatic carbocycles. The van der Waals surface area contributed by atoms with Crippen LogP contribution < -0.4 is 16.4 Å². The summed E-state index contributed by atoms with van der Waals surface area (Å²) in [5.74, 6) is -0.216. The Hall–Kier alpha value is -4.25. The number of pyridine rings is 1. The lowest BCUT2D eigenvalue weighted by Gasteiger charge is -2.27. The molecule has 1 saturated heterocycles. The Morgan fingerprint density at radius 1 is 0.974 bits per heavy atom. The topological polar surface area (TPSA) is 110 Å². The highest BCUT2D eigenvalue weighted by molar-refractivity contribution is 7.18. The Morgan fingerprint density at radius 2 is 1.79 bits per heavy atom. The fourth-order valence-electron chi connectivity index (χ4n) is 4.48. The summed E-state index contributed by atoms with van der Waals surface area (Å²) in [5, 5.41) is 6.95. The largest absolute Gasteiger partial charge is 0.397 e. The van der Waals surface area contributed by atoms with E-state index >= 15 is 0 Å².